The Kier molecular flexibility index (Phi) is 6.97. The highest BCUT2D eigenvalue weighted by Crippen LogP contribution is 2.07. The van der Waals surface area contributed by atoms with Crippen LogP contribution < -0.4 is 4.74 Å². The van der Waals surface area contributed by atoms with Crippen LogP contribution in [0.3, 0.4) is 0 Å². The summed E-state index contributed by atoms with van der Waals surface area (Å²) in [6.07, 6.45) is -1.09. The van der Waals surface area contributed by atoms with E-state index in [4.69, 9.17) is 14.2 Å². The van der Waals surface area contributed by atoms with E-state index in [0.717, 1.165) is 0 Å². The van der Waals surface area contributed by atoms with E-state index < -0.39 is 18.0 Å². The van der Waals surface area contributed by atoms with Gasteiger partial charge in [-0.15, -0.1) is 0 Å². The van der Waals surface area contributed by atoms with Gasteiger partial charge in [0.25, 0.3) is 0 Å². The van der Waals surface area contributed by atoms with E-state index in [0.29, 0.717) is 5.75 Å². The van der Waals surface area contributed by atoms with Crippen molar-refractivity contribution in [3.8, 4) is 5.75 Å². The first-order valence-corrected chi connectivity index (χ1v) is 6.33. The van der Waals surface area contributed by atoms with Gasteiger partial charge < -0.3 is 19.3 Å². The Morgan fingerprint density at radius 2 is 1.81 bits per heavy atom. The summed E-state index contributed by atoms with van der Waals surface area (Å²) in [7, 11) is 0. The first kappa shape index (κ1) is 16.7. The molecule has 1 N–H and O–H groups in total. The van der Waals surface area contributed by atoms with Crippen LogP contribution in [0.5, 0.6) is 5.75 Å². The molecule has 0 saturated carbocycles. The maximum absolute atomic E-state index is 11.4. The van der Waals surface area contributed by atoms with Gasteiger partial charge in [0.2, 0.25) is 0 Å². The average Bonchev–Trinajstić information content (AvgIpc) is 2.49. The quantitative estimate of drug-likeness (QED) is 0.571. The fourth-order valence-electron chi connectivity index (χ4n) is 1.23. The molecular formula is C15H18O6. The van der Waals surface area contributed by atoms with E-state index >= 15 is 0 Å². The second-order valence-corrected chi connectivity index (χ2v) is 4.32. The summed E-state index contributed by atoms with van der Waals surface area (Å²) in [5, 5.41) is 9.49. The van der Waals surface area contributed by atoms with Crippen LogP contribution in [0.4, 0.5) is 0 Å². The molecule has 0 fully saturated rings. The molecule has 1 rings (SSSR count). The van der Waals surface area contributed by atoms with Crippen LogP contribution in [-0.4, -0.2) is 43.0 Å². The zero-order valence-electron chi connectivity index (χ0n) is 11.8. The monoisotopic (exact) mass is 294 g/mol. The van der Waals surface area contributed by atoms with Gasteiger partial charge in [-0.05, 0) is 19.1 Å². The zero-order chi connectivity index (χ0) is 15.7. The Bertz CT molecular complexity index is 482. The molecule has 0 spiro atoms. The number of carbonyl (C=O) groups excluding carboxylic acids is 2. The van der Waals surface area contributed by atoms with E-state index in [1.54, 1.807) is 24.3 Å². The molecule has 114 valence electrons. The van der Waals surface area contributed by atoms with Gasteiger partial charge in [-0.3, -0.25) is 0 Å². The third-order valence-electron chi connectivity index (χ3n) is 2.29. The molecule has 0 aliphatic carbocycles. The van der Waals surface area contributed by atoms with Gasteiger partial charge in [0.15, 0.2) is 6.61 Å². The highest BCUT2D eigenvalue weighted by molar-refractivity contribution is 5.86. The highest BCUT2D eigenvalue weighted by Gasteiger charge is 2.12. The van der Waals surface area contributed by atoms with Crippen LogP contribution >= 0.6 is 0 Å². The molecule has 1 aromatic carbocycles. The van der Waals surface area contributed by atoms with Crippen LogP contribution in [0.2, 0.25) is 0 Å². The third-order valence-corrected chi connectivity index (χ3v) is 2.29. The standard InChI is InChI=1S/C15H18O6/c1-11(2)15(18)21-9-12(16)8-20-14(17)10-19-13-6-4-3-5-7-13/h3-7,12,16H,1,8-10H2,2H3. The number of hydrogen-bond acceptors (Lipinski definition) is 6. The molecule has 1 unspecified atom stereocenters. The number of aliphatic hydroxyl groups is 1. The first-order chi connectivity index (χ1) is 9.99. The largest absolute Gasteiger partial charge is 0.482 e. The summed E-state index contributed by atoms with van der Waals surface area (Å²) >= 11 is 0. The minimum Gasteiger partial charge on any atom is -0.482 e. The molecule has 0 radical (unpaired) electrons. The van der Waals surface area contributed by atoms with Crippen molar-refractivity contribution in [3.63, 3.8) is 0 Å². The molecule has 1 aromatic rings. The van der Waals surface area contributed by atoms with E-state index in [1.165, 1.54) is 6.92 Å². The summed E-state index contributed by atoms with van der Waals surface area (Å²) < 4.78 is 14.7. The summed E-state index contributed by atoms with van der Waals surface area (Å²) in [4.78, 5) is 22.5. The van der Waals surface area contributed by atoms with Crippen LogP contribution in [0.1, 0.15) is 6.92 Å². The number of rotatable bonds is 8. The molecule has 21 heavy (non-hydrogen) atoms. The fraction of sp³-hybridized carbons (Fsp3) is 0.333. The van der Waals surface area contributed by atoms with Crippen LogP contribution in [-0.2, 0) is 19.1 Å². The van der Waals surface area contributed by atoms with Crippen LogP contribution in [0.15, 0.2) is 42.5 Å². The van der Waals surface area contributed by atoms with E-state index in [9.17, 15) is 14.7 Å². The van der Waals surface area contributed by atoms with Crippen molar-refractivity contribution < 1.29 is 28.9 Å². The number of ether oxygens (including phenoxy) is 3. The minimum absolute atomic E-state index is 0.232. The number of hydrogen-bond donors (Lipinski definition) is 1. The number of esters is 2. The highest BCUT2D eigenvalue weighted by atomic mass is 16.6. The normalized spacial score (nSPS) is 11.3. The number of para-hydroxylation sites is 1. The Labute approximate surface area is 122 Å². The van der Waals surface area contributed by atoms with Crippen molar-refractivity contribution in [1.82, 2.24) is 0 Å². The maximum atomic E-state index is 11.4. The Balaban J connectivity index is 2.17. The molecule has 6 nitrogen and oxygen atoms in total. The molecule has 0 bridgehead atoms. The van der Waals surface area contributed by atoms with Crippen molar-refractivity contribution in [1.29, 1.82) is 0 Å². The van der Waals surface area contributed by atoms with Gasteiger partial charge in [0.05, 0.1) is 0 Å². The second kappa shape index (κ2) is 8.76. The minimum atomic E-state index is -1.09. The predicted molar refractivity (Wildman–Crippen MR) is 74.7 cm³/mol. The van der Waals surface area contributed by atoms with E-state index in [-0.39, 0.29) is 25.4 Å². The SMILES string of the molecule is C=C(C)C(=O)OCC(O)COC(=O)COc1ccccc1. The van der Waals surface area contributed by atoms with Gasteiger partial charge in [-0.2, -0.15) is 0 Å². The third kappa shape index (κ3) is 7.12. The number of benzene rings is 1. The second-order valence-electron chi connectivity index (χ2n) is 4.32. The summed E-state index contributed by atoms with van der Waals surface area (Å²) in [6.45, 7) is 4.09. The first-order valence-electron chi connectivity index (χ1n) is 6.33. The zero-order valence-corrected chi connectivity index (χ0v) is 11.8. The average molecular weight is 294 g/mol. The van der Waals surface area contributed by atoms with Crippen molar-refractivity contribution in [2.75, 3.05) is 19.8 Å². The van der Waals surface area contributed by atoms with Gasteiger partial charge in [0.1, 0.15) is 25.1 Å². The van der Waals surface area contributed by atoms with Crippen LogP contribution in [0.25, 0.3) is 0 Å². The van der Waals surface area contributed by atoms with Crippen molar-refractivity contribution >= 4 is 11.9 Å². The lowest BCUT2D eigenvalue weighted by Gasteiger charge is -2.12. The van der Waals surface area contributed by atoms with Crippen molar-refractivity contribution in [3.05, 3.63) is 42.5 Å². The molecule has 0 heterocycles. The summed E-state index contributed by atoms with van der Waals surface area (Å²) in [5.41, 5.74) is 0.232. The number of aliphatic hydroxyl groups excluding tert-OH is 1. The molecule has 1 atom stereocenters. The topological polar surface area (TPSA) is 82.1 Å². The Hall–Kier alpha value is -2.34. The van der Waals surface area contributed by atoms with Gasteiger partial charge in [-0.1, -0.05) is 24.8 Å². The molecular weight excluding hydrogens is 276 g/mol. The Morgan fingerprint density at radius 1 is 1.19 bits per heavy atom. The number of carbonyl (C=O) groups is 2. The summed E-state index contributed by atoms with van der Waals surface area (Å²) in [6, 6.07) is 8.80. The lowest BCUT2D eigenvalue weighted by molar-refractivity contribution is -0.152. The molecule has 0 aromatic heterocycles. The maximum Gasteiger partial charge on any atom is 0.344 e. The lowest BCUT2D eigenvalue weighted by Crippen LogP contribution is -2.27. The van der Waals surface area contributed by atoms with Crippen LogP contribution in [0, 0.1) is 0 Å². The van der Waals surface area contributed by atoms with Gasteiger partial charge in [0, 0.05) is 5.57 Å². The van der Waals surface area contributed by atoms with Gasteiger partial charge in [-0.25, -0.2) is 9.59 Å². The Morgan fingerprint density at radius 3 is 2.43 bits per heavy atom. The molecule has 0 aliphatic rings. The molecule has 0 amide bonds. The smallest absolute Gasteiger partial charge is 0.344 e. The van der Waals surface area contributed by atoms with E-state index in [1.807, 2.05) is 6.07 Å². The predicted octanol–water partition coefficient (Wildman–Crippen LogP) is 1.09. The molecule has 0 saturated heterocycles. The van der Waals surface area contributed by atoms with Crippen molar-refractivity contribution in [2.24, 2.45) is 0 Å². The van der Waals surface area contributed by atoms with Gasteiger partial charge >= 0.3 is 11.9 Å². The summed E-state index contributed by atoms with van der Waals surface area (Å²) in [5.74, 6) is -0.678. The molecule has 0 aliphatic heterocycles. The van der Waals surface area contributed by atoms with E-state index in [2.05, 4.69) is 6.58 Å². The fourth-order valence-corrected chi connectivity index (χ4v) is 1.23. The lowest BCUT2D eigenvalue weighted by atomic mass is 10.3. The van der Waals surface area contributed by atoms with Crippen molar-refractivity contribution in [2.45, 2.75) is 13.0 Å². The molecule has 6 heteroatoms.